The van der Waals surface area contributed by atoms with Crippen LogP contribution in [0.3, 0.4) is 0 Å². The zero-order valence-electron chi connectivity index (χ0n) is 7.49. The molecule has 2 rings (SSSR count). The Bertz CT molecular complexity index is 339. The number of anilines is 2. The quantitative estimate of drug-likeness (QED) is 0.647. The second-order valence-electron chi connectivity index (χ2n) is 3.14. The zero-order chi connectivity index (χ0) is 9.97. The van der Waals surface area contributed by atoms with Crippen LogP contribution < -0.4 is 16.4 Å². The number of aromatic nitrogens is 2. The summed E-state index contributed by atoms with van der Waals surface area (Å²) >= 11 is 1.22. The smallest absolute Gasteiger partial charge is 0.233 e. The van der Waals surface area contributed by atoms with Crippen molar-refractivity contribution in [3.63, 3.8) is 0 Å². The largest absolute Gasteiger partial charge is 0.367 e. The van der Waals surface area contributed by atoms with Gasteiger partial charge in [-0.1, -0.05) is 0 Å². The van der Waals surface area contributed by atoms with Gasteiger partial charge >= 0.3 is 0 Å². The van der Waals surface area contributed by atoms with Gasteiger partial charge in [0.05, 0.1) is 0 Å². The van der Waals surface area contributed by atoms with Gasteiger partial charge in [0, 0.05) is 30.5 Å². The summed E-state index contributed by atoms with van der Waals surface area (Å²) in [6, 6.07) is 0.202. The lowest BCUT2D eigenvalue weighted by atomic mass is 10.2. The summed E-state index contributed by atoms with van der Waals surface area (Å²) in [6.07, 6.45) is 1.49. The van der Waals surface area contributed by atoms with Gasteiger partial charge in [-0.05, 0) is 6.42 Å². The minimum Gasteiger partial charge on any atom is -0.367 e. The summed E-state index contributed by atoms with van der Waals surface area (Å²) < 4.78 is 3.84. The number of nitrogens with zero attached hydrogens (tertiary/aromatic N) is 2. The second kappa shape index (κ2) is 3.79. The van der Waals surface area contributed by atoms with Crippen LogP contribution in [0.4, 0.5) is 11.1 Å². The number of carbonyl (C=O) groups is 1. The van der Waals surface area contributed by atoms with Crippen LogP contribution in [-0.2, 0) is 4.79 Å². The molecule has 6 nitrogen and oxygen atoms in total. The van der Waals surface area contributed by atoms with E-state index in [1.54, 1.807) is 0 Å². The Morgan fingerprint density at radius 1 is 1.71 bits per heavy atom. The van der Waals surface area contributed by atoms with Crippen LogP contribution in [0, 0.1) is 0 Å². The van der Waals surface area contributed by atoms with E-state index in [-0.39, 0.29) is 17.9 Å². The third-order valence-electron chi connectivity index (χ3n) is 2.03. The third-order valence-corrected chi connectivity index (χ3v) is 2.71. The first-order chi connectivity index (χ1) is 6.74. The van der Waals surface area contributed by atoms with Gasteiger partial charge in [-0.15, -0.1) is 0 Å². The van der Waals surface area contributed by atoms with E-state index in [0.717, 1.165) is 6.42 Å². The molecule has 0 bridgehead atoms. The van der Waals surface area contributed by atoms with Gasteiger partial charge in [0.2, 0.25) is 17.0 Å². The van der Waals surface area contributed by atoms with Crippen LogP contribution in [0.5, 0.6) is 0 Å². The number of hydrogen-bond donors (Lipinski definition) is 3. The molecule has 0 saturated carbocycles. The molecule has 0 radical (unpaired) electrons. The number of rotatable bonds is 3. The fourth-order valence-corrected chi connectivity index (χ4v) is 1.85. The molecule has 1 amide bonds. The summed E-state index contributed by atoms with van der Waals surface area (Å²) in [5, 5.41) is 6.63. The highest BCUT2D eigenvalue weighted by Crippen LogP contribution is 2.13. The van der Waals surface area contributed by atoms with E-state index in [0.29, 0.717) is 18.1 Å². The Hall–Kier alpha value is -1.37. The van der Waals surface area contributed by atoms with Crippen molar-refractivity contribution in [2.24, 2.45) is 0 Å². The number of hydrogen-bond acceptors (Lipinski definition) is 6. The molecular formula is C7H11N5OS. The van der Waals surface area contributed by atoms with E-state index >= 15 is 0 Å². The van der Waals surface area contributed by atoms with E-state index < -0.39 is 0 Å². The molecule has 1 unspecified atom stereocenters. The van der Waals surface area contributed by atoms with Gasteiger partial charge in [0.1, 0.15) is 0 Å². The van der Waals surface area contributed by atoms with Gasteiger partial charge in [-0.25, -0.2) is 0 Å². The Morgan fingerprint density at radius 3 is 3.14 bits per heavy atom. The minimum absolute atomic E-state index is 0.119. The molecule has 1 atom stereocenters. The predicted octanol–water partition coefficient (Wildman–Crippen LogP) is -0.189. The van der Waals surface area contributed by atoms with E-state index in [1.165, 1.54) is 11.5 Å². The monoisotopic (exact) mass is 213 g/mol. The van der Waals surface area contributed by atoms with Crippen molar-refractivity contribution in [1.29, 1.82) is 0 Å². The summed E-state index contributed by atoms with van der Waals surface area (Å²) in [5.41, 5.74) is 5.36. The average molecular weight is 213 g/mol. The Balaban J connectivity index is 1.80. The molecule has 1 aromatic heterocycles. The molecule has 7 heteroatoms. The predicted molar refractivity (Wildman–Crippen MR) is 54.0 cm³/mol. The standard InChI is InChI=1S/C7H11N5OS/c8-6-11-7(14-12-6)9-3-4-1-2-5(13)10-4/h4H,1-3H2,(H,10,13)(H3,8,9,11,12). The van der Waals surface area contributed by atoms with Crippen molar-refractivity contribution < 1.29 is 4.79 Å². The van der Waals surface area contributed by atoms with Crippen LogP contribution in [0.25, 0.3) is 0 Å². The first-order valence-electron chi connectivity index (χ1n) is 4.36. The maximum absolute atomic E-state index is 10.9. The summed E-state index contributed by atoms with van der Waals surface area (Å²) in [4.78, 5) is 14.8. The summed E-state index contributed by atoms with van der Waals surface area (Å²) in [5.74, 6) is 0.404. The number of nitrogens with one attached hydrogen (secondary N) is 2. The van der Waals surface area contributed by atoms with Crippen molar-refractivity contribution in [2.75, 3.05) is 17.6 Å². The highest BCUT2D eigenvalue weighted by atomic mass is 32.1. The lowest BCUT2D eigenvalue weighted by Crippen LogP contribution is -2.31. The lowest BCUT2D eigenvalue weighted by molar-refractivity contribution is -0.119. The van der Waals surface area contributed by atoms with Gasteiger partial charge in [-0.2, -0.15) is 9.36 Å². The molecule has 14 heavy (non-hydrogen) atoms. The van der Waals surface area contributed by atoms with Crippen molar-refractivity contribution in [1.82, 2.24) is 14.7 Å². The molecule has 0 aliphatic carbocycles. The lowest BCUT2D eigenvalue weighted by Gasteiger charge is -2.09. The molecule has 1 saturated heterocycles. The zero-order valence-corrected chi connectivity index (χ0v) is 8.30. The van der Waals surface area contributed by atoms with Crippen LogP contribution in [0.2, 0.25) is 0 Å². The van der Waals surface area contributed by atoms with Crippen LogP contribution in [0.15, 0.2) is 0 Å². The topological polar surface area (TPSA) is 92.9 Å². The molecule has 0 aromatic carbocycles. The molecule has 1 fully saturated rings. The molecule has 76 valence electrons. The first kappa shape index (κ1) is 9.20. The molecule has 1 aliphatic rings. The van der Waals surface area contributed by atoms with Gasteiger partial charge < -0.3 is 16.4 Å². The fourth-order valence-electron chi connectivity index (χ4n) is 1.35. The number of nitrogens with two attached hydrogens (primary N) is 1. The average Bonchev–Trinajstić information content (AvgIpc) is 2.72. The van der Waals surface area contributed by atoms with E-state index in [9.17, 15) is 4.79 Å². The normalized spacial score (nSPS) is 20.9. The fraction of sp³-hybridized carbons (Fsp3) is 0.571. The molecule has 2 heterocycles. The molecule has 1 aromatic rings. The summed E-state index contributed by atoms with van der Waals surface area (Å²) in [7, 11) is 0. The van der Waals surface area contributed by atoms with Crippen LogP contribution in [0.1, 0.15) is 12.8 Å². The van der Waals surface area contributed by atoms with E-state index in [1.807, 2.05) is 0 Å². The Kier molecular flexibility index (Phi) is 2.49. The Morgan fingerprint density at radius 2 is 2.57 bits per heavy atom. The second-order valence-corrected chi connectivity index (χ2v) is 3.89. The number of carbonyl (C=O) groups excluding carboxylic acids is 1. The number of amides is 1. The molecular weight excluding hydrogens is 202 g/mol. The van der Waals surface area contributed by atoms with E-state index in [4.69, 9.17) is 5.73 Å². The van der Waals surface area contributed by atoms with Crippen LogP contribution in [-0.4, -0.2) is 27.9 Å². The Labute approximate surface area is 85.1 Å². The highest BCUT2D eigenvalue weighted by Gasteiger charge is 2.20. The van der Waals surface area contributed by atoms with Crippen molar-refractivity contribution >= 4 is 28.5 Å². The maximum Gasteiger partial charge on any atom is 0.233 e. The molecule has 4 N–H and O–H groups in total. The van der Waals surface area contributed by atoms with Gasteiger partial charge in [-0.3, -0.25) is 4.79 Å². The maximum atomic E-state index is 10.9. The highest BCUT2D eigenvalue weighted by molar-refractivity contribution is 7.09. The molecule has 0 spiro atoms. The summed E-state index contributed by atoms with van der Waals surface area (Å²) in [6.45, 7) is 0.681. The van der Waals surface area contributed by atoms with E-state index in [2.05, 4.69) is 20.0 Å². The van der Waals surface area contributed by atoms with Crippen molar-refractivity contribution in [3.8, 4) is 0 Å². The third kappa shape index (κ3) is 2.11. The number of nitrogen functional groups attached to an aromatic ring is 1. The minimum atomic E-state index is 0.119. The van der Waals surface area contributed by atoms with Gasteiger partial charge in [0.15, 0.2) is 0 Å². The van der Waals surface area contributed by atoms with Gasteiger partial charge in [0.25, 0.3) is 0 Å². The van der Waals surface area contributed by atoms with Crippen LogP contribution >= 0.6 is 11.5 Å². The van der Waals surface area contributed by atoms with Crippen molar-refractivity contribution in [3.05, 3.63) is 0 Å². The molecule has 1 aliphatic heterocycles. The SMILES string of the molecule is Nc1nsc(NCC2CCC(=O)N2)n1. The van der Waals surface area contributed by atoms with Crippen molar-refractivity contribution in [2.45, 2.75) is 18.9 Å². The first-order valence-corrected chi connectivity index (χ1v) is 5.14.